The molecule has 13 heavy (non-hydrogen) atoms. The van der Waals surface area contributed by atoms with Crippen LogP contribution >= 0.6 is 11.8 Å². The van der Waals surface area contributed by atoms with Crippen LogP contribution in [0.4, 0.5) is 0 Å². The molecule has 0 radical (unpaired) electrons. The van der Waals surface area contributed by atoms with E-state index in [0.717, 1.165) is 30.1 Å². The van der Waals surface area contributed by atoms with Crippen LogP contribution < -0.4 is 5.43 Å². The molecule has 4 nitrogen and oxygen atoms in total. The van der Waals surface area contributed by atoms with Gasteiger partial charge < -0.3 is 4.74 Å². The lowest BCUT2D eigenvalue weighted by Crippen LogP contribution is -2.24. The number of thioether (sulfide) groups is 1. The first-order chi connectivity index (χ1) is 6.33. The fraction of sp³-hybridized carbons (Fsp3) is 0.750. The average Bonchev–Trinajstić information content (AvgIpc) is 2.17. The SMILES string of the molecule is COCC(=O)NN=C1CCSCC1. The van der Waals surface area contributed by atoms with Crippen LogP contribution in [0.1, 0.15) is 12.8 Å². The van der Waals surface area contributed by atoms with Gasteiger partial charge in [-0.1, -0.05) is 0 Å². The molecule has 1 N–H and O–H groups in total. The molecule has 1 amide bonds. The van der Waals surface area contributed by atoms with E-state index in [1.807, 2.05) is 11.8 Å². The monoisotopic (exact) mass is 202 g/mol. The summed E-state index contributed by atoms with van der Waals surface area (Å²) in [4.78, 5) is 10.9. The number of carbonyl (C=O) groups excluding carboxylic acids is 1. The molecular weight excluding hydrogens is 188 g/mol. The maximum absolute atomic E-state index is 10.9. The predicted molar refractivity (Wildman–Crippen MR) is 54.0 cm³/mol. The lowest BCUT2D eigenvalue weighted by Gasteiger charge is -2.11. The van der Waals surface area contributed by atoms with Gasteiger partial charge in [-0.25, -0.2) is 5.43 Å². The van der Waals surface area contributed by atoms with E-state index in [2.05, 4.69) is 15.3 Å². The summed E-state index contributed by atoms with van der Waals surface area (Å²) in [5.74, 6) is 2.03. The number of ether oxygens (including phenoxy) is 1. The second-order valence-corrected chi connectivity index (χ2v) is 3.98. The lowest BCUT2D eigenvalue weighted by atomic mass is 10.2. The van der Waals surface area contributed by atoms with Crippen molar-refractivity contribution in [1.29, 1.82) is 0 Å². The van der Waals surface area contributed by atoms with Crippen molar-refractivity contribution in [3.05, 3.63) is 0 Å². The second-order valence-electron chi connectivity index (χ2n) is 2.76. The zero-order valence-electron chi connectivity index (χ0n) is 7.71. The molecule has 1 aliphatic rings. The van der Waals surface area contributed by atoms with E-state index in [1.54, 1.807) is 0 Å². The maximum Gasteiger partial charge on any atom is 0.266 e. The number of amides is 1. The van der Waals surface area contributed by atoms with E-state index in [4.69, 9.17) is 0 Å². The molecule has 1 heterocycles. The van der Waals surface area contributed by atoms with Crippen LogP contribution in [0.5, 0.6) is 0 Å². The lowest BCUT2D eigenvalue weighted by molar-refractivity contribution is -0.124. The number of carbonyl (C=O) groups is 1. The highest BCUT2D eigenvalue weighted by Crippen LogP contribution is 2.13. The largest absolute Gasteiger partial charge is 0.375 e. The summed E-state index contributed by atoms with van der Waals surface area (Å²) in [5, 5.41) is 4.03. The van der Waals surface area contributed by atoms with Crippen LogP contribution in [-0.2, 0) is 9.53 Å². The normalized spacial score (nSPS) is 16.8. The molecule has 0 bridgehead atoms. The number of rotatable bonds is 3. The Hall–Kier alpha value is -0.550. The van der Waals surface area contributed by atoms with Gasteiger partial charge in [-0.15, -0.1) is 0 Å². The first-order valence-electron chi connectivity index (χ1n) is 4.24. The van der Waals surface area contributed by atoms with Crippen LogP contribution in [0.15, 0.2) is 5.10 Å². The summed E-state index contributed by atoms with van der Waals surface area (Å²) >= 11 is 1.92. The highest BCUT2D eigenvalue weighted by Gasteiger charge is 2.07. The summed E-state index contributed by atoms with van der Waals surface area (Å²) < 4.78 is 4.66. The van der Waals surface area contributed by atoms with Crippen molar-refractivity contribution in [2.24, 2.45) is 5.10 Å². The Balaban J connectivity index is 2.25. The predicted octanol–water partition coefficient (Wildman–Crippen LogP) is 0.632. The van der Waals surface area contributed by atoms with Gasteiger partial charge in [0.2, 0.25) is 0 Å². The molecule has 1 saturated heterocycles. The molecule has 74 valence electrons. The maximum atomic E-state index is 10.9. The molecule has 0 saturated carbocycles. The van der Waals surface area contributed by atoms with Crippen LogP contribution in [0.2, 0.25) is 0 Å². The Kier molecular flexibility index (Phi) is 4.85. The molecule has 0 aromatic carbocycles. The van der Waals surface area contributed by atoms with Gasteiger partial charge in [0.25, 0.3) is 5.91 Å². The third-order valence-corrected chi connectivity index (χ3v) is 2.67. The molecule has 1 fully saturated rings. The first kappa shape index (κ1) is 10.5. The fourth-order valence-corrected chi connectivity index (χ4v) is 1.99. The zero-order valence-corrected chi connectivity index (χ0v) is 8.52. The minimum Gasteiger partial charge on any atom is -0.375 e. The minimum absolute atomic E-state index is 0.0749. The van der Waals surface area contributed by atoms with E-state index in [1.165, 1.54) is 7.11 Å². The quantitative estimate of drug-likeness (QED) is 0.683. The highest BCUT2D eigenvalue weighted by molar-refractivity contribution is 7.99. The third-order valence-electron chi connectivity index (χ3n) is 1.68. The van der Waals surface area contributed by atoms with Gasteiger partial charge in [-0.3, -0.25) is 4.79 Å². The van der Waals surface area contributed by atoms with Crippen LogP contribution in [0.25, 0.3) is 0 Å². The first-order valence-corrected chi connectivity index (χ1v) is 5.39. The standard InChI is InChI=1S/C8H14N2O2S/c1-12-6-8(11)10-9-7-2-4-13-5-3-7/h2-6H2,1H3,(H,10,11). The van der Waals surface area contributed by atoms with Crippen molar-refractivity contribution < 1.29 is 9.53 Å². The molecule has 1 aliphatic heterocycles. The van der Waals surface area contributed by atoms with E-state index < -0.39 is 0 Å². The summed E-state index contributed by atoms with van der Waals surface area (Å²) in [6, 6.07) is 0. The van der Waals surface area contributed by atoms with Crippen LogP contribution in [0.3, 0.4) is 0 Å². The van der Waals surface area contributed by atoms with E-state index in [-0.39, 0.29) is 12.5 Å². The average molecular weight is 202 g/mol. The number of nitrogens with one attached hydrogen (secondary N) is 1. The van der Waals surface area contributed by atoms with Gasteiger partial charge >= 0.3 is 0 Å². The fourth-order valence-electron chi connectivity index (χ4n) is 1.02. The van der Waals surface area contributed by atoms with Gasteiger partial charge in [0.15, 0.2) is 0 Å². The Labute approximate surface area is 82.1 Å². The molecule has 0 aromatic rings. The number of nitrogens with zero attached hydrogens (tertiary/aromatic N) is 1. The topological polar surface area (TPSA) is 50.7 Å². The van der Waals surface area contributed by atoms with Gasteiger partial charge in [0.05, 0.1) is 0 Å². The Morgan fingerprint density at radius 1 is 1.62 bits per heavy atom. The van der Waals surface area contributed by atoms with Gasteiger partial charge in [-0.2, -0.15) is 16.9 Å². The van der Waals surface area contributed by atoms with Gasteiger partial charge in [0, 0.05) is 12.8 Å². The summed E-state index contributed by atoms with van der Waals surface area (Å²) in [6.45, 7) is 0.0749. The van der Waals surface area contributed by atoms with Crippen LogP contribution in [-0.4, -0.2) is 36.8 Å². The van der Waals surface area contributed by atoms with Gasteiger partial charge in [0.1, 0.15) is 6.61 Å². The van der Waals surface area contributed by atoms with E-state index in [0.29, 0.717) is 0 Å². The van der Waals surface area contributed by atoms with Crippen molar-refractivity contribution in [3.8, 4) is 0 Å². The Bertz CT molecular complexity index is 198. The number of hydrazone groups is 1. The van der Waals surface area contributed by atoms with Crippen molar-refractivity contribution in [3.63, 3.8) is 0 Å². The van der Waals surface area contributed by atoms with Crippen molar-refractivity contribution in [2.45, 2.75) is 12.8 Å². The van der Waals surface area contributed by atoms with Crippen molar-refractivity contribution in [1.82, 2.24) is 5.43 Å². The Morgan fingerprint density at radius 3 is 2.92 bits per heavy atom. The van der Waals surface area contributed by atoms with E-state index >= 15 is 0 Å². The molecule has 0 spiro atoms. The molecular formula is C8H14N2O2S. The van der Waals surface area contributed by atoms with E-state index in [9.17, 15) is 4.79 Å². The number of hydrogen-bond acceptors (Lipinski definition) is 4. The molecule has 0 aliphatic carbocycles. The second kappa shape index (κ2) is 5.99. The van der Waals surface area contributed by atoms with Crippen molar-refractivity contribution in [2.75, 3.05) is 25.2 Å². The van der Waals surface area contributed by atoms with Gasteiger partial charge in [-0.05, 0) is 24.3 Å². The van der Waals surface area contributed by atoms with Crippen LogP contribution in [0, 0.1) is 0 Å². The summed E-state index contributed by atoms with van der Waals surface area (Å²) in [5.41, 5.74) is 3.55. The number of methoxy groups -OCH3 is 1. The molecule has 0 aromatic heterocycles. The smallest absolute Gasteiger partial charge is 0.266 e. The summed E-state index contributed by atoms with van der Waals surface area (Å²) in [7, 11) is 1.49. The zero-order chi connectivity index (χ0) is 9.52. The molecule has 0 atom stereocenters. The Morgan fingerprint density at radius 2 is 2.31 bits per heavy atom. The molecule has 1 rings (SSSR count). The van der Waals surface area contributed by atoms with Crippen molar-refractivity contribution >= 4 is 23.4 Å². The minimum atomic E-state index is -0.187. The highest BCUT2D eigenvalue weighted by atomic mass is 32.2. The number of hydrogen-bond donors (Lipinski definition) is 1. The third kappa shape index (κ3) is 4.28. The molecule has 5 heteroatoms. The molecule has 0 unspecified atom stereocenters. The summed E-state index contributed by atoms with van der Waals surface area (Å²) in [6.07, 6.45) is 1.97.